The number of anilines is 2. The third-order valence-electron chi connectivity index (χ3n) is 2.67. The van der Waals surface area contributed by atoms with Gasteiger partial charge in [-0.3, -0.25) is 4.79 Å². The molecule has 0 bridgehead atoms. The molecule has 1 aromatic rings. The van der Waals surface area contributed by atoms with E-state index in [1.165, 1.54) is 6.07 Å². The van der Waals surface area contributed by atoms with Crippen LogP contribution in [0, 0.1) is 12.7 Å². The smallest absolute Gasteiger partial charge is 0.239 e. The van der Waals surface area contributed by atoms with Crippen LogP contribution in [-0.2, 0) is 4.79 Å². The molecule has 0 atom stereocenters. The molecule has 4 nitrogen and oxygen atoms in total. The minimum Gasteiger partial charge on any atom is -0.397 e. The highest BCUT2D eigenvalue weighted by atomic mass is 19.1. The molecule has 0 aliphatic carbocycles. The number of benzene rings is 1. The first-order valence-electron chi connectivity index (χ1n) is 5.99. The Morgan fingerprint density at radius 3 is 2.78 bits per heavy atom. The molecule has 0 aliphatic rings. The number of nitrogens with two attached hydrogens (primary N) is 1. The van der Waals surface area contributed by atoms with Crippen LogP contribution in [0.1, 0.15) is 18.9 Å². The molecule has 0 unspecified atom stereocenters. The van der Waals surface area contributed by atoms with Gasteiger partial charge in [0.25, 0.3) is 0 Å². The fourth-order valence-electron chi connectivity index (χ4n) is 1.63. The summed E-state index contributed by atoms with van der Waals surface area (Å²) in [4.78, 5) is 13.3. The lowest BCUT2D eigenvalue weighted by atomic mass is 10.1. The van der Waals surface area contributed by atoms with Crippen molar-refractivity contribution < 1.29 is 9.18 Å². The summed E-state index contributed by atoms with van der Waals surface area (Å²) in [6, 6.07) is 2.93. The average molecular weight is 253 g/mol. The van der Waals surface area contributed by atoms with E-state index in [0.29, 0.717) is 23.5 Å². The highest BCUT2D eigenvalue weighted by Gasteiger charge is 2.11. The zero-order valence-corrected chi connectivity index (χ0v) is 11.1. The molecule has 5 heteroatoms. The summed E-state index contributed by atoms with van der Waals surface area (Å²) in [6.45, 7) is 4.52. The van der Waals surface area contributed by atoms with E-state index in [4.69, 9.17) is 5.73 Å². The maximum Gasteiger partial charge on any atom is 0.239 e. The van der Waals surface area contributed by atoms with Crippen LogP contribution in [0.5, 0.6) is 0 Å². The monoisotopic (exact) mass is 253 g/mol. The summed E-state index contributed by atoms with van der Waals surface area (Å²) in [6.07, 6.45) is 0.896. The highest BCUT2D eigenvalue weighted by molar-refractivity contribution is 5.83. The van der Waals surface area contributed by atoms with Gasteiger partial charge in [-0.25, -0.2) is 4.39 Å². The lowest BCUT2D eigenvalue weighted by Crippen LogP contribution is -2.35. The van der Waals surface area contributed by atoms with E-state index in [1.54, 1.807) is 24.9 Å². The van der Waals surface area contributed by atoms with Gasteiger partial charge in [-0.1, -0.05) is 6.92 Å². The van der Waals surface area contributed by atoms with E-state index in [0.717, 1.165) is 6.42 Å². The van der Waals surface area contributed by atoms with Gasteiger partial charge in [-0.2, -0.15) is 0 Å². The van der Waals surface area contributed by atoms with E-state index in [-0.39, 0.29) is 18.3 Å². The normalized spacial score (nSPS) is 10.2. The second-order valence-electron chi connectivity index (χ2n) is 4.37. The predicted molar refractivity (Wildman–Crippen MR) is 72.1 cm³/mol. The summed E-state index contributed by atoms with van der Waals surface area (Å²) in [7, 11) is 1.76. The molecule has 0 saturated heterocycles. The Balaban J connectivity index is 2.75. The summed E-state index contributed by atoms with van der Waals surface area (Å²) in [5.74, 6) is -0.402. The van der Waals surface area contributed by atoms with Crippen LogP contribution in [-0.4, -0.2) is 26.0 Å². The van der Waals surface area contributed by atoms with Gasteiger partial charge >= 0.3 is 0 Å². The van der Waals surface area contributed by atoms with Crippen molar-refractivity contribution in [2.75, 3.05) is 30.8 Å². The van der Waals surface area contributed by atoms with Crippen LogP contribution < -0.4 is 16.0 Å². The highest BCUT2D eigenvalue weighted by Crippen LogP contribution is 2.25. The molecular weight excluding hydrogens is 233 g/mol. The number of rotatable bonds is 5. The summed E-state index contributed by atoms with van der Waals surface area (Å²) in [5, 5.41) is 2.78. The van der Waals surface area contributed by atoms with Crippen molar-refractivity contribution in [3.8, 4) is 0 Å². The van der Waals surface area contributed by atoms with Crippen molar-refractivity contribution in [1.29, 1.82) is 0 Å². The largest absolute Gasteiger partial charge is 0.397 e. The van der Waals surface area contributed by atoms with E-state index in [9.17, 15) is 9.18 Å². The fraction of sp³-hybridized carbons (Fsp3) is 0.462. The third kappa shape index (κ3) is 3.61. The number of likely N-dealkylation sites (N-methyl/N-ethyl adjacent to an activating group) is 1. The molecule has 1 aromatic carbocycles. The number of halogens is 1. The first-order valence-corrected chi connectivity index (χ1v) is 5.99. The van der Waals surface area contributed by atoms with Crippen molar-refractivity contribution in [3.05, 3.63) is 23.5 Å². The van der Waals surface area contributed by atoms with Crippen molar-refractivity contribution in [1.82, 2.24) is 5.32 Å². The zero-order chi connectivity index (χ0) is 13.7. The van der Waals surface area contributed by atoms with Crippen molar-refractivity contribution >= 4 is 17.3 Å². The number of aryl methyl sites for hydroxylation is 1. The Hall–Kier alpha value is -1.78. The zero-order valence-electron chi connectivity index (χ0n) is 11.1. The number of hydrogen-bond donors (Lipinski definition) is 2. The van der Waals surface area contributed by atoms with Crippen LogP contribution in [0.15, 0.2) is 12.1 Å². The van der Waals surface area contributed by atoms with Crippen LogP contribution in [0.3, 0.4) is 0 Å². The molecular formula is C13H20FN3O. The molecule has 0 aromatic heterocycles. The van der Waals surface area contributed by atoms with Crippen LogP contribution >= 0.6 is 0 Å². The molecule has 0 aliphatic heterocycles. The first kappa shape index (κ1) is 14.3. The topological polar surface area (TPSA) is 58.4 Å². The molecule has 0 radical (unpaired) electrons. The summed E-state index contributed by atoms with van der Waals surface area (Å²) >= 11 is 0. The average Bonchev–Trinajstić information content (AvgIpc) is 2.31. The van der Waals surface area contributed by atoms with Crippen molar-refractivity contribution in [2.45, 2.75) is 20.3 Å². The molecule has 100 valence electrons. The quantitative estimate of drug-likeness (QED) is 0.785. The number of amides is 1. The van der Waals surface area contributed by atoms with Crippen molar-refractivity contribution in [3.63, 3.8) is 0 Å². The number of hydrogen-bond acceptors (Lipinski definition) is 3. The molecule has 0 heterocycles. The van der Waals surface area contributed by atoms with Gasteiger partial charge < -0.3 is 16.0 Å². The fourth-order valence-corrected chi connectivity index (χ4v) is 1.63. The predicted octanol–water partition coefficient (Wildman–Crippen LogP) is 1.68. The van der Waals surface area contributed by atoms with Crippen LogP contribution in [0.2, 0.25) is 0 Å². The lowest BCUT2D eigenvalue weighted by Gasteiger charge is -2.21. The number of nitrogens with zero attached hydrogens (tertiary/aromatic N) is 1. The van der Waals surface area contributed by atoms with E-state index in [1.807, 2.05) is 6.92 Å². The van der Waals surface area contributed by atoms with Gasteiger partial charge in [0.1, 0.15) is 5.82 Å². The second kappa shape index (κ2) is 6.23. The van der Waals surface area contributed by atoms with Gasteiger partial charge in [-0.15, -0.1) is 0 Å². The maximum absolute atomic E-state index is 13.3. The first-order chi connectivity index (χ1) is 8.45. The summed E-state index contributed by atoms with van der Waals surface area (Å²) < 4.78 is 13.3. The Kier molecular flexibility index (Phi) is 4.95. The van der Waals surface area contributed by atoms with E-state index in [2.05, 4.69) is 5.32 Å². The SMILES string of the molecule is CCCNC(=O)CN(C)c1cc(C)c(F)cc1N. The Morgan fingerprint density at radius 1 is 1.50 bits per heavy atom. The summed E-state index contributed by atoms with van der Waals surface area (Å²) in [5.41, 5.74) is 7.27. The molecule has 0 fully saturated rings. The minimum absolute atomic E-state index is 0.0688. The molecule has 0 saturated carbocycles. The van der Waals surface area contributed by atoms with E-state index < -0.39 is 0 Å². The number of nitrogen functional groups attached to an aromatic ring is 1. The van der Waals surface area contributed by atoms with Gasteiger partial charge in [0.15, 0.2) is 0 Å². The maximum atomic E-state index is 13.3. The standard InChI is InChI=1S/C13H20FN3O/c1-4-5-16-13(18)8-17(3)12-6-9(2)10(14)7-11(12)15/h6-7H,4-5,8,15H2,1-3H3,(H,16,18). The third-order valence-corrected chi connectivity index (χ3v) is 2.67. The Bertz CT molecular complexity index is 434. The minimum atomic E-state index is -0.333. The number of carbonyl (C=O) groups is 1. The van der Waals surface area contributed by atoms with Gasteiger partial charge in [0.05, 0.1) is 17.9 Å². The number of nitrogens with one attached hydrogen (secondary N) is 1. The van der Waals surface area contributed by atoms with Gasteiger partial charge in [0, 0.05) is 13.6 Å². The van der Waals surface area contributed by atoms with Gasteiger partial charge in [-0.05, 0) is 31.0 Å². The molecule has 18 heavy (non-hydrogen) atoms. The Labute approximate surface area is 107 Å². The number of carbonyl (C=O) groups excluding carboxylic acids is 1. The Morgan fingerprint density at radius 2 is 2.17 bits per heavy atom. The second-order valence-corrected chi connectivity index (χ2v) is 4.37. The van der Waals surface area contributed by atoms with Gasteiger partial charge in [0.2, 0.25) is 5.91 Å². The van der Waals surface area contributed by atoms with Crippen molar-refractivity contribution in [2.24, 2.45) is 0 Å². The van der Waals surface area contributed by atoms with E-state index >= 15 is 0 Å². The van der Waals surface area contributed by atoms with Crippen LogP contribution in [0.4, 0.5) is 15.8 Å². The molecule has 3 N–H and O–H groups in total. The lowest BCUT2D eigenvalue weighted by molar-refractivity contribution is -0.119. The molecule has 1 amide bonds. The van der Waals surface area contributed by atoms with Crippen LogP contribution in [0.25, 0.3) is 0 Å². The molecule has 0 spiro atoms. The molecule has 1 rings (SSSR count).